The van der Waals surface area contributed by atoms with Crippen molar-refractivity contribution in [1.82, 2.24) is 0 Å². The molecule has 4 nitrogen and oxygen atoms in total. The van der Waals surface area contributed by atoms with Crippen LogP contribution in [0.3, 0.4) is 0 Å². The minimum atomic E-state index is 0.0108. The summed E-state index contributed by atoms with van der Waals surface area (Å²) in [5, 5.41) is 3.07. The van der Waals surface area contributed by atoms with Crippen LogP contribution in [0, 0.1) is 6.92 Å². The predicted molar refractivity (Wildman–Crippen MR) is 98.5 cm³/mol. The van der Waals surface area contributed by atoms with Crippen molar-refractivity contribution in [3.63, 3.8) is 0 Å². The molecule has 1 aromatic carbocycles. The number of morpholine rings is 1. The number of carbonyl (C=O) groups excluding carboxylic acids is 1. The average molecular weight is 342 g/mol. The molecule has 0 unspecified atom stereocenters. The van der Waals surface area contributed by atoms with E-state index in [4.69, 9.17) is 4.74 Å². The van der Waals surface area contributed by atoms with E-state index < -0.39 is 0 Å². The van der Waals surface area contributed by atoms with Crippen LogP contribution in [0.4, 0.5) is 11.4 Å². The predicted octanol–water partition coefficient (Wildman–Crippen LogP) is 3.63. The van der Waals surface area contributed by atoms with Crippen LogP contribution in [0.15, 0.2) is 24.3 Å². The second kappa shape index (κ2) is 6.57. The number of nitrogens with zero attached hydrogens (tertiary/aromatic N) is 1. The van der Waals surface area contributed by atoms with Crippen LogP contribution in [0.25, 0.3) is 0 Å². The summed E-state index contributed by atoms with van der Waals surface area (Å²) < 4.78 is 5.40. The molecule has 1 saturated heterocycles. The van der Waals surface area contributed by atoms with Gasteiger partial charge in [-0.25, -0.2) is 0 Å². The van der Waals surface area contributed by atoms with Gasteiger partial charge in [0.15, 0.2) is 0 Å². The smallest absolute Gasteiger partial charge is 0.265 e. The van der Waals surface area contributed by atoms with Crippen LogP contribution >= 0.6 is 11.3 Å². The number of benzene rings is 1. The first kappa shape index (κ1) is 15.7. The number of anilines is 2. The van der Waals surface area contributed by atoms with E-state index in [0.717, 1.165) is 55.3 Å². The van der Waals surface area contributed by atoms with Gasteiger partial charge in [0.25, 0.3) is 5.91 Å². The highest BCUT2D eigenvalue weighted by Crippen LogP contribution is 2.31. The Morgan fingerprint density at radius 2 is 2.04 bits per heavy atom. The lowest BCUT2D eigenvalue weighted by Gasteiger charge is -2.29. The van der Waals surface area contributed by atoms with E-state index in [-0.39, 0.29) is 5.91 Å². The van der Waals surface area contributed by atoms with Crippen LogP contribution in [0.1, 0.15) is 32.1 Å². The molecule has 1 aliphatic carbocycles. The van der Waals surface area contributed by atoms with Crippen LogP contribution in [-0.4, -0.2) is 32.2 Å². The van der Waals surface area contributed by atoms with Crippen LogP contribution < -0.4 is 10.2 Å². The van der Waals surface area contributed by atoms with Gasteiger partial charge in [-0.15, -0.1) is 11.3 Å². The number of hydrogen-bond acceptors (Lipinski definition) is 4. The van der Waals surface area contributed by atoms with Crippen LogP contribution in [0.2, 0.25) is 0 Å². The van der Waals surface area contributed by atoms with E-state index >= 15 is 0 Å². The van der Waals surface area contributed by atoms with Crippen molar-refractivity contribution in [2.45, 2.75) is 26.2 Å². The molecule has 0 atom stereocenters. The first-order chi connectivity index (χ1) is 11.7. The highest BCUT2D eigenvalue weighted by molar-refractivity contribution is 7.14. The minimum Gasteiger partial charge on any atom is -0.378 e. The van der Waals surface area contributed by atoms with E-state index in [1.165, 1.54) is 22.5 Å². The van der Waals surface area contributed by atoms with Gasteiger partial charge in [0, 0.05) is 29.3 Å². The fourth-order valence-corrected chi connectivity index (χ4v) is 4.58. The summed E-state index contributed by atoms with van der Waals surface area (Å²) in [5.41, 5.74) is 4.55. The van der Waals surface area contributed by atoms with Crippen molar-refractivity contribution < 1.29 is 9.53 Å². The standard InChI is InChI=1S/C19H22N2O2S/c1-13-11-15(21-7-9-23-10-8-21)5-6-16(13)20-19(22)18-12-14-3-2-4-17(14)24-18/h5-6,11-12H,2-4,7-10H2,1H3,(H,20,22). The summed E-state index contributed by atoms with van der Waals surface area (Å²) in [6, 6.07) is 8.32. The van der Waals surface area contributed by atoms with E-state index in [0.29, 0.717) is 0 Å². The molecule has 24 heavy (non-hydrogen) atoms. The number of carbonyl (C=O) groups is 1. The number of ether oxygens (including phenoxy) is 1. The molecular weight excluding hydrogens is 320 g/mol. The third-order valence-corrected chi connectivity index (χ3v) is 6.04. The van der Waals surface area contributed by atoms with Crippen molar-refractivity contribution in [3.05, 3.63) is 45.1 Å². The quantitative estimate of drug-likeness (QED) is 0.926. The number of amides is 1. The first-order valence-corrected chi connectivity index (χ1v) is 9.38. The van der Waals surface area contributed by atoms with E-state index in [9.17, 15) is 4.79 Å². The number of nitrogens with one attached hydrogen (secondary N) is 1. The zero-order valence-corrected chi connectivity index (χ0v) is 14.7. The lowest BCUT2D eigenvalue weighted by Crippen LogP contribution is -2.36. The van der Waals surface area contributed by atoms with E-state index in [1.807, 2.05) is 13.0 Å². The Balaban J connectivity index is 1.48. The van der Waals surface area contributed by atoms with Crippen molar-refractivity contribution in [2.75, 3.05) is 36.5 Å². The molecule has 126 valence electrons. The molecule has 0 bridgehead atoms. The van der Waals surface area contributed by atoms with Gasteiger partial charge in [-0.1, -0.05) is 0 Å². The topological polar surface area (TPSA) is 41.6 Å². The fraction of sp³-hybridized carbons (Fsp3) is 0.421. The number of fused-ring (bicyclic) bond motifs is 1. The molecule has 1 N–H and O–H groups in total. The number of hydrogen-bond donors (Lipinski definition) is 1. The molecule has 0 saturated carbocycles. The Hall–Kier alpha value is -1.85. The lowest BCUT2D eigenvalue weighted by atomic mass is 10.1. The van der Waals surface area contributed by atoms with Gasteiger partial charge in [0.2, 0.25) is 0 Å². The maximum absolute atomic E-state index is 12.5. The van der Waals surface area contributed by atoms with E-state index in [2.05, 4.69) is 28.4 Å². The molecule has 1 aliphatic heterocycles. The Bertz CT molecular complexity index is 741. The molecule has 2 heterocycles. The molecule has 2 aromatic rings. The maximum Gasteiger partial charge on any atom is 0.265 e. The summed E-state index contributed by atoms with van der Waals surface area (Å²) >= 11 is 1.65. The minimum absolute atomic E-state index is 0.0108. The molecule has 1 aromatic heterocycles. The number of thiophene rings is 1. The second-order valence-corrected chi connectivity index (χ2v) is 7.60. The fourth-order valence-electron chi connectivity index (χ4n) is 3.43. The second-order valence-electron chi connectivity index (χ2n) is 6.47. The van der Waals surface area contributed by atoms with Gasteiger partial charge in [-0.05, 0) is 61.6 Å². The average Bonchev–Trinajstić information content (AvgIpc) is 3.19. The SMILES string of the molecule is Cc1cc(N2CCOCC2)ccc1NC(=O)c1cc2c(s1)CCC2. The molecule has 5 heteroatoms. The largest absolute Gasteiger partial charge is 0.378 e. The van der Waals surface area contributed by atoms with Crippen molar-refractivity contribution >= 4 is 28.6 Å². The third kappa shape index (κ3) is 3.06. The van der Waals surface area contributed by atoms with Gasteiger partial charge in [-0.3, -0.25) is 4.79 Å². The summed E-state index contributed by atoms with van der Waals surface area (Å²) in [6.07, 6.45) is 3.47. The Morgan fingerprint density at radius 3 is 2.79 bits per heavy atom. The van der Waals surface area contributed by atoms with Gasteiger partial charge in [-0.2, -0.15) is 0 Å². The molecular formula is C19H22N2O2S. The van der Waals surface area contributed by atoms with Crippen molar-refractivity contribution in [1.29, 1.82) is 0 Å². The highest BCUT2D eigenvalue weighted by Gasteiger charge is 2.19. The lowest BCUT2D eigenvalue weighted by molar-refractivity contribution is 0.103. The normalized spacial score (nSPS) is 17.0. The summed E-state index contributed by atoms with van der Waals surface area (Å²) in [5.74, 6) is 0.0108. The van der Waals surface area contributed by atoms with Gasteiger partial charge >= 0.3 is 0 Å². The van der Waals surface area contributed by atoms with Crippen molar-refractivity contribution in [3.8, 4) is 0 Å². The molecule has 2 aliphatic rings. The van der Waals surface area contributed by atoms with Gasteiger partial charge in [0.05, 0.1) is 18.1 Å². The summed E-state index contributed by atoms with van der Waals surface area (Å²) in [7, 11) is 0. The third-order valence-electron chi connectivity index (χ3n) is 4.80. The zero-order valence-electron chi connectivity index (χ0n) is 13.9. The highest BCUT2D eigenvalue weighted by atomic mass is 32.1. The maximum atomic E-state index is 12.5. The van der Waals surface area contributed by atoms with Gasteiger partial charge in [0.1, 0.15) is 0 Å². The summed E-state index contributed by atoms with van der Waals surface area (Å²) in [6.45, 7) is 5.45. The first-order valence-electron chi connectivity index (χ1n) is 8.57. The molecule has 0 radical (unpaired) electrons. The monoisotopic (exact) mass is 342 g/mol. The summed E-state index contributed by atoms with van der Waals surface area (Å²) in [4.78, 5) is 17.1. The van der Waals surface area contributed by atoms with Gasteiger partial charge < -0.3 is 15.0 Å². The molecule has 4 rings (SSSR count). The molecule has 1 amide bonds. The number of rotatable bonds is 3. The van der Waals surface area contributed by atoms with Crippen molar-refractivity contribution in [2.24, 2.45) is 0 Å². The molecule has 0 spiro atoms. The number of aryl methyl sites for hydroxylation is 3. The Labute approximate surface area is 146 Å². The van der Waals surface area contributed by atoms with E-state index in [1.54, 1.807) is 11.3 Å². The Morgan fingerprint density at radius 1 is 1.21 bits per heavy atom. The Kier molecular flexibility index (Phi) is 4.29. The van der Waals surface area contributed by atoms with Crippen LogP contribution in [0.5, 0.6) is 0 Å². The molecule has 1 fully saturated rings. The van der Waals surface area contributed by atoms with Crippen LogP contribution in [-0.2, 0) is 17.6 Å². The zero-order chi connectivity index (χ0) is 16.5.